The summed E-state index contributed by atoms with van der Waals surface area (Å²) in [6.45, 7) is 7.02. The molecule has 4 rings (SSSR count). The van der Waals surface area contributed by atoms with Crippen molar-refractivity contribution in [2.45, 2.75) is 25.9 Å². The molecule has 146 valence electrons. The van der Waals surface area contributed by atoms with Crippen LogP contribution in [0.4, 0.5) is 0 Å². The van der Waals surface area contributed by atoms with E-state index in [9.17, 15) is 4.79 Å². The number of ether oxygens (including phenoxy) is 4. The molecule has 1 aliphatic carbocycles. The number of hydrogen-bond acceptors (Lipinski definition) is 5. The summed E-state index contributed by atoms with van der Waals surface area (Å²) in [5.41, 5.74) is 2.68. The van der Waals surface area contributed by atoms with Crippen LogP contribution in [0, 0.1) is 0 Å². The number of benzene rings is 2. The predicted octanol–water partition coefficient (Wildman–Crippen LogP) is 3.77. The Morgan fingerprint density at radius 2 is 1.68 bits per heavy atom. The number of carbonyl (C=O) groups excluding carboxylic acids is 1. The first kappa shape index (κ1) is 18.6. The van der Waals surface area contributed by atoms with Gasteiger partial charge in [-0.3, -0.25) is 0 Å². The highest BCUT2D eigenvalue weighted by atomic mass is 16.6. The Hall–Kier alpha value is -2.79. The van der Waals surface area contributed by atoms with Crippen LogP contribution in [-0.2, 0) is 27.1 Å². The second kappa shape index (κ2) is 8.07. The highest BCUT2D eigenvalue weighted by molar-refractivity contribution is 5.96. The molecular weight excluding hydrogens is 356 g/mol. The Morgan fingerprint density at radius 1 is 1.07 bits per heavy atom. The standard InChI is InChI=1S/C23H24O5/c1-15(2)23(24)26-12-11-25-21-17-7-3-5-9-19(17)22(28-14-16-13-27-16)20-10-6-4-8-18(20)21/h3-7,9,16H,1,8,10-14H2,2H3. The average Bonchev–Trinajstić information content (AvgIpc) is 3.54. The van der Waals surface area contributed by atoms with E-state index in [4.69, 9.17) is 18.9 Å². The molecule has 1 saturated heterocycles. The molecule has 0 radical (unpaired) electrons. The number of epoxide rings is 1. The van der Waals surface area contributed by atoms with E-state index in [1.807, 2.05) is 18.2 Å². The van der Waals surface area contributed by atoms with E-state index in [2.05, 4.69) is 24.8 Å². The molecule has 0 spiro atoms. The van der Waals surface area contributed by atoms with Gasteiger partial charge in [0.1, 0.15) is 37.4 Å². The minimum Gasteiger partial charge on any atom is -0.490 e. The molecule has 1 fully saturated rings. The van der Waals surface area contributed by atoms with Crippen molar-refractivity contribution in [3.8, 4) is 11.5 Å². The van der Waals surface area contributed by atoms with Gasteiger partial charge in [-0.25, -0.2) is 4.79 Å². The lowest BCUT2D eigenvalue weighted by Gasteiger charge is -2.23. The van der Waals surface area contributed by atoms with Gasteiger partial charge in [-0.05, 0) is 19.8 Å². The van der Waals surface area contributed by atoms with E-state index in [0.29, 0.717) is 12.2 Å². The lowest BCUT2D eigenvalue weighted by molar-refractivity contribution is -0.139. The van der Waals surface area contributed by atoms with Crippen LogP contribution in [0.1, 0.15) is 18.1 Å². The van der Waals surface area contributed by atoms with E-state index < -0.39 is 5.97 Å². The fourth-order valence-corrected chi connectivity index (χ4v) is 3.38. The summed E-state index contributed by atoms with van der Waals surface area (Å²) in [4.78, 5) is 11.6. The summed E-state index contributed by atoms with van der Waals surface area (Å²) in [6, 6.07) is 8.11. The van der Waals surface area contributed by atoms with Gasteiger partial charge in [0, 0.05) is 27.5 Å². The molecule has 0 N–H and O–H groups in total. The van der Waals surface area contributed by atoms with Crippen LogP contribution < -0.4 is 9.47 Å². The zero-order valence-corrected chi connectivity index (χ0v) is 16.0. The smallest absolute Gasteiger partial charge is 0.333 e. The van der Waals surface area contributed by atoms with Gasteiger partial charge in [0.25, 0.3) is 0 Å². The first-order chi connectivity index (χ1) is 13.6. The molecular formula is C23H24O5. The third-order valence-corrected chi connectivity index (χ3v) is 4.87. The van der Waals surface area contributed by atoms with Crippen molar-refractivity contribution in [2.75, 3.05) is 26.4 Å². The maximum atomic E-state index is 11.6. The zero-order chi connectivity index (χ0) is 19.5. The molecule has 1 unspecified atom stereocenters. The summed E-state index contributed by atoms with van der Waals surface area (Å²) in [5.74, 6) is 1.37. The largest absolute Gasteiger partial charge is 0.490 e. The van der Waals surface area contributed by atoms with Gasteiger partial charge in [0.15, 0.2) is 0 Å². The SMILES string of the molecule is C=C(C)C(=O)OCCOc1c2c(c(OCC3CO3)c3ccccc13)CC=CC2. The quantitative estimate of drug-likeness (QED) is 0.229. The van der Waals surface area contributed by atoms with Crippen LogP contribution in [0.2, 0.25) is 0 Å². The van der Waals surface area contributed by atoms with Crippen molar-refractivity contribution in [3.05, 3.63) is 59.7 Å². The molecule has 0 amide bonds. The maximum Gasteiger partial charge on any atom is 0.333 e. The molecule has 28 heavy (non-hydrogen) atoms. The first-order valence-electron chi connectivity index (χ1n) is 9.56. The van der Waals surface area contributed by atoms with Gasteiger partial charge in [-0.2, -0.15) is 0 Å². The summed E-state index contributed by atoms with van der Waals surface area (Å²) >= 11 is 0. The fraction of sp³-hybridized carbons (Fsp3) is 0.348. The van der Waals surface area contributed by atoms with Crippen molar-refractivity contribution >= 4 is 16.7 Å². The van der Waals surface area contributed by atoms with E-state index in [1.54, 1.807) is 6.92 Å². The number of rotatable bonds is 8. The summed E-state index contributed by atoms with van der Waals surface area (Å²) in [6.07, 6.45) is 6.11. The lowest BCUT2D eigenvalue weighted by atomic mass is 9.90. The lowest BCUT2D eigenvalue weighted by Crippen LogP contribution is -2.15. The zero-order valence-electron chi connectivity index (χ0n) is 16.0. The minimum absolute atomic E-state index is 0.182. The van der Waals surface area contributed by atoms with E-state index in [0.717, 1.165) is 52.8 Å². The monoisotopic (exact) mass is 380 g/mol. The fourth-order valence-electron chi connectivity index (χ4n) is 3.38. The molecule has 1 aliphatic heterocycles. The second-order valence-corrected chi connectivity index (χ2v) is 7.07. The third-order valence-electron chi connectivity index (χ3n) is 4.87. The molecule has 0 bridgehead atoms. The molecule has 5 nitrogen and oxygen atoms in total. The second-order valence-electron chi connectivity index (χ2n) is 7.07. The number of esters is 1. The van der Waals surface area contributed by atoms with E-state index >= 15 is 0 Å². The Balaban J connectivity index is 1.63. The van der Waals surface area contributed by atoms with Crippen LogP contribution in [0.25, 0.3) is 10.8 Å². The molecule has 2 aromatic carbocycles. The van der Waals surface area contributed by atoms with Gasteiger partial charge in [0.2, 0.25) is 0 Å². The van der Waals surface area contributed by atoms with Gasteiger partial charge in [0.05, 0.1) is 6.61 Å². The predicted molar refractivity (Wildman–Crippen MR) is 107 cm³/mol. The summed E-state index contributed by atoms with van der Waals surface area (Å²) in [5, 5.41) is 2.04. The van der Waals surface area contributed by atoms with Crippen LogP contribution in [0.15, 0.2) is 48.6 Å². The molecule has 0 saturated carbocycles. The molecule has 2 aliphatic rings. The Kier molecular flexibility index (Phi) is 5.35. The first-order valence-corrected chi connectivity index (χ1v) is 9.56. The Bertz CT molecular complexity index is 940. The number of carbonyl (C=O) groups is 1. The van der Waals surface area contributed by atoms with Gasteiger partial charge in [-0.15, -0.1) is 0 Å². The topological polar surface area (TPSA) is 57.3 Å². The number of hydrogen-bond donors (Lipinski definition) is 0. The van der Waals surface area contributed by atoms with Crippen molar-refractivity contribution < 1.29 is 23.7 Å². The van der Waals surface area contributed by atoms with Crippen LogP contribution in [0.3, 0.4) is 0 Å². The van der Waals surface area contributed by atoms with Crippen molar-refractivity contribution in [1.29, 1.82) is 0 Å². The van der Waals surface area contributed by atoms with E-state index in [-0.39, 0.29) is 19.3 Å². The van der Waals surface area contributed by atoms with Crippen molar-refractivity contribution in [2.24, 2.45) is 0 Å². The van der Waals surface area contributed by atoms with Gasteiger partial charge >= 0.3 is 5.97 Å². The molecule has 0 aromatic heterocycles. The van der Waals surface area contributed by atoms with Gasteiger partial charge in [-0.1, -0.05) is 43.0 Å². The van der Waals surface area contributed by atoms with Gasteiger partial charge < -0.3 is 18.9 Å². The average molecular weight is 380 g/mol. The highest BCUT2D eigenvalue weighted by Gasteiger charge is 2.26. The van der Waals surface area contributed by atoms with Crippen LogP contribution in [0.5, 0.6) is 11.5 Å². The molecule has 1 heterocycles. The number of fused-ring (bicyclic) bond motifs is 2. The van der Waals surface area contributed by atoms with Crippen LogP contribution >= 0.6 is 0 Å². The Labute approximate surface area is 164 Å². The minimum atomic E-state index is -0.399. The maximum absolute atomic E-state index is 11.6. The molecule has 2 aromatic rings. The van der Waals surface area contributed by atoms with Crippen molar-refractivity contribution in [1.82, 2.24) is 0 Å². The van der Waals surface area contributed by atoms with E-state index in [1.165, 1.54) is 0 Å². The Morgan fingerprint density at radius 3 is 2.25 bits per heavy atom. The van der Waals surface area contributed by atoms with Crippen molar-refractivity contribution in [3.63, 3.8) is 0 Å². The highest BCUT2D eigenvalue weighted by Crippen LogP contribution is 2.43. The molecule has 5 heteroatoms. The number of allylic oxidation sites excluding steroid dienone is 2. The normalized spacial score (nSPS) is 17.1. The molecule has 1 atom stereocenters. The third kappa shape index (κ3) is 3.90. The van der Waals surface area contributed by atoms with Crippen LogP contribution in [-0.4, -0.2) is 38.5 Å². The summed E-state index contributed by atoms with van der Waals surface area (Å²) < 4.78 is 22.8. The summed E-state index contributed by atoms with van der Waals surface area (Å²) in [7, 11) is 0.